The number of ketones is 1. The van der Waals surface area contributed by atoms with Crippen LogP contribution in [0.3, 0.4) is 0 Å². The third-order valence-corrected chi connectivity index (χ3v) is 6.06. The average Bonchev–Trinajstić information content (AvgIpc) is 3.10. The predicted octanol–water partition coefficient (Wildman–Crippen LogP) is 4.27. The molecular formula is C25H29NO6. The number of hydrogen-bond donors (Lipinski definition) is 1. The van der Waals surface area contributed by atoms with E-state index in [4.69, 9.17) is 18.9 Å². The Kier molecular flexibility index (Phi) is 6.28. The highest BCUT2D eigenvalue weighted by atomic mass is 16.5. The number of piperidine rings is 1. The zero-order valence-corrected chi connectivity index (χ0v) is 18.9. The molecule has 0 saturated carbocycles. The molecule has 2 aliphatic rings. The lowest BCUT2D eigenvalue weighted by molar-refractivity contribution is 0.101. The molecule has 7 nitrogen and oxygen atoms in total. The number of carbonyl (C=O) groups excluding carboxylic acids is 1. The summed E-state index contributed by atoms with van der Waals surface area (Å²) in [7, 11) is 4.61. The largest absolute Gasteiger partial charge is 0.507 e. The summed E-state index contributed by atoms with van der Waals surface area (Å²) in [4.78, 5) is 15.4. The van der Waals surface area contributed by atoms with Gasteiger partial charge in [-0.1, -0.05) is 6.92 Å². The van der Waals surface area contributed by atoms with Crippen LogP contribution in [0.15, 0.2) is 30.0 Å². The molecule has 0 aliphatic carbocycles. The van der Waals surface area contributed by atoms with Crippen molar-refractivity contribution in [2.24, 2.45) is 5.92 Å². The summed E-state index contributed by atoms with van der Waals surface area (Å²) in [6.45, 7) is 4.70. The van der Waals surface area contributed by atoms with Crippen LogP contribution < -0.4 is 18.9 Å². The molecule has 1 fully saturated rings. The number of fused-ring (bicyclic) bond motifs is 1. The maximum absolute atomic E-state index is 13.1. The quantitative estimate of drug-likeness (QED) is 0.674. The number of carbonyl (C=O) groups is 1. The van der Waals surface area contributed by atoms with Gasteiger partial charge in [-0.2, -0.15) is 0 Å². The van der Waals surface area contributed by atoms with Crippen molar-refractivity contribution in [3.8, 4) is 28.7 Å². The number of Topliss-reactive ketones (excluding diaryl/α,β-unsaturated/α-hetero) is 1. The molecule has 0 unspecified atom stereocenters. The molecule has 4 rings (SSSR count). The van der Waals surface area contributed by atoms with Crippen molar-refractivity contribution in [3.05, 3.63) is 46.7 Å². The van der Waals surface area contributed by atoms with Gasteiger partial charge < -0.3 is 24.1 Å². The monoisotopic (exact) mass is 439 g/mol. The van der Waals surface area contributed by atoms with Gasteiger partial charge in [0.2, 0.25) is 11.5 Å². The maximum Gasteiger partial charge on any atom is 0.231 e. The minimum atomic E-state index is -0.231. The highest BCUT2D eigenvalue weighted by Gasteiger charge is 2.32. The van der Waals surface area contributed by atoms with E-state index >= 15 is 0 Å². The number of rotatable bonds is 6. The third kappa shape index (κ3) is 4.00. The summed E-state index contributed by atoms with van der Waals surface area (Å²) in [5, 5.41) is 10.6. The molecule has 1 atom stereocenters. The van der Waals surface area contributed by atoms with E-state index < -0.39 is 0 Å². The molecule has 2 aromatic rings. The Labute approximate surface area is 188 Å². The molecule has 0 aromatic heterocycles. The summed E-state index contributed by atoms with van der Waals surface area (Å²) in [5.41, 5.74) is 1.72. The zero-order chi connectivity index (χ0) is 22.8. The molecule has 0 amide bonds. The van der Waals surface area contributed by atoms with Crippen LogP contribution in [0.25, 0.3) is 6.08 Å². The van der Waals surface area contributed by atoms with Crippen molar-refractivity contribution < 1.29 is 28.8 Å². The molecule has 170 valence electrons. The third-order valence-electron chi connectivity index (χ3n) is 6.06. The number of hydrogen-bond acceptors (Lipinski definition) is 7. The van der Waals surface area contributed by atoms with Gasteiger partial charge in [0.05, 0.1) is 32.5 Å². The van der Waals surface area contributed by atoms with Gasteiger partial charge in [-0.3, -0.25) is 9.69 Å². The highest BCUT2D eigenvalue weighted by Crippen LogP contribution is 2.43. The lowest BCUT2D eigenvalue weighted by Gasteiger charge is -2.31. The Balaban J connectivity index is 1.69. The average molecular weight is 440 g/mol. The first-order valence-corrected chi connectivity index (χ1v) is 10.8. The molecule has 2 aliphatic heterocycles. The molecule has 0 bridgehead atoms. The first kappa shape index (κ1) is 22.0. The standard InChI is InChI=1S/C25H29NO6/c1-15-6-5-11-26(13-15)14-18-19(27)9-8-17-22(28)21(32-24(17)18)12-16-7-10-20(29-2)25(31-4)23(16)30-3/h7-10,12,15,27H,5-6,11,13-14H2,1-4H3/t15-/m0/s1. The molecule has 2 aromatic carbocycles. The fraction of sp³-hybridized carbons (Fsp3) is 0.400. The molecule has 2 heterocycles. The van der Waals surface area contributed by atoms with Crippen molar-refractivity contribution in [3.63, 3.8) is 0 Å². The van der Waals surface area contributed by atoms with Gasteiger partial charge in [-0.05, 0) is 55.6 Å². The Morgan fingerprint density at radius 3 is 2.59 bits per heavy atom. The highest BCUT2D eigenvalue weighted by molar-refractivity contribution is 6.15. The van der Waals surface area contributed by atoms with E-state index in [1.165, 1.54) is 20.6 Å². The fourth-order valence-electron chi connectivity index (χ4n) is 4.48. The summed E-state index contributed by atoms with van der Waals surface area (Å²) in [6, 6.07) is 6.71. The summed E-state index contributed by atoms with van der Waals surface area (Å²) in [6.07, 6.45) is 3.97. The lowest BCUT2D eigenvalue weighted by Crippen LogP contribution is -2.33. The van der Waals surface area contributed by atoms with Crippen LogP contribution in [0.5, 0.6) is 28.7 Å². The van der Waals surface area contributed by atoms with Gasteiger partial charge in [0.15, 0.2) is 17.3 Å². The van der Waals surface area contributed by atoms with E-state index in [0.717, 1.165) is 19.5 Å². The normalized spacial score (nSPS) is 19.6. The second-order valence-corrected chi connectivity index (χ2v) is 8.29. The van der Waals surface area contributed by atoms with Crippen LogP contribution in [0, 0.1) is 5.92 Å². The maximum atomic E-state index is 13.1. The van der Waals surface area contributed by atoms with Crippen molar-refractivity contribution in [2.75, 3.05) is 34.4 Å². The minimum absolute atomic E-state index is 0.139. The van der Waals surface area contributed by atoms with Crippen molar-refractivity contribution in [2.45, 2.75) is 26.3 Å². The van der Waals surface area contributed by atoms with Crippen LogP contribution in [-0.4, -0.2) is 50.2 Å². The van der Waals surface area contributed by atoms with Crippen LogP contribution in [-0.2, 0) is 6.54 Å². The van der Waals surface area contributed by atoms with Gasteiger partial charge in [0, 0.05) is 18.7 Å². The molecule has 0 radical (unpaired) electrons. The lowest BCUT2D eigenvalue weighted by atomic mass is 9.99. The van der Waals surface area contributed by atoms with E-state index in [0.29, 0.717) is 52.2 Å². The Morgan fingerprint density at radius 1 is 1.12 bits per heavy atom. The summed E-state index contributed by atoms with van der Waals surface area (Å²) in [5.74, 6) is 2.52. The number of methoxy groups -OCH3 is 3. The van der Waals surface area contributed by atoms with Crippen molar-refractivity contribution >= 4 is 11.9 Å². The first-order chi connectivity index (χ1) is 15.5. The van der Waals surface area contributed by atoms with Crippen molar-refractivity contribution in [1.29, 1.82) is 0 Å². The number of aromatic hydroxyl groups is 1. The van der Waals surface area contributed by atoms with Gasteiger partial charge in [0.1, 0.15) is 11.5 Å². The topological polar surface area (TPSA) is 77.5 Å². The second-order valence-electron chi connectivity index (χ2n) is 8.29. The van der Waals surface area contributed by atoms with E-state index in [1.54, 1.807) is 37.5 Å². The molecule has 0 spiro atoms. The Bertz CT molecular complexity index is 1060. The molecule has 32 heavy (non-hydrogen) atoms. The van der Waals surface area contributed by atoms with E-state index in [1.807, 2.05) is 0 Å². The van der Waals surface area contributed by atoms with Crippen LogP contribution >= 0.6 is 0 Å². The summed E-state index contributed by atoms with van der Waals surface area (Å²) < 4.78 is 22.3. The fourth-order valence-corrected chi connectivity index (χ4v) is 4.48. The number of allylic oxidation sites excluding steroid dienone is 1. The van der Waals surface area contributed by atoms with Gasteiger partial charge >= 0.3 is 0 Å². The number of phenols is 1. The van der Waals surface area contributed by atoms with Gasteiger partial charge in [-0.15, -0.1) is 0 Å². The molecule has 7 heteroatoms. The van der Waals surface area contributed by atoms with E-state index in [2.05, 4.69) is 11.8 Å². The molecule has 1 saturated heterocycles. The number of ether oxygens (including phenoxy) is 4. The van der Waals surface area contributed by atoms with Gasteiger partial charge in [0.25, 0.3) is 0 Å². The minimum Gasteiger partial charge on any atom is -0.507 e. The van der Waals surface area contributed by atoms with Crippen molar-refractivity contribution in [1.82, 2.24) is 4.90 Å². The van der Waals surface area contributed by atoms with Gasteiger partial charge in [-0.25, -0.2) is 0 Å². The number of likely N-dealkylation sites (tertiary alicyclic amines) is 1. The first-order valence-electron chi connectivity index (χ1n) is 10.8. The molecular weight excluding hydrogens is 410 g/mol. The Morgan fingerprint density at radius 2 is 1.91 bits per heavy atom. The van der Waals surface area contributed by atoms with E-state index in [9.17, 15) is 9.90 Å². The number of benzene rings is 2. The van der Waals surface area contributed by atoms with Crippen LogP contribution in [0.4, 0.5) is 0 Å². The molecule has 1 N–H and O–H groups in total. The second kappa shape index (κ2) is 9.12. The van der Waals surface area contributed by atoms with Crippen LogP contribution in [0.2, 0.25) is 0 Å². The zero-order valence-electron chi connectivity index (χ0n) is 18.9. The van der Waals surface area contributed by atoms with Crippen LogP contribution in [0.1, 0.15) is 41.3 Å². The smallest absolute Gasteiger partial charge is 0.231 e. The number of nitrogens with zero attached hydrogens (tertiary/aromatic N) is 1. The predicted molar refractivity (Wildman–Crippen MR) is 121 cm³/mol. The summed E-state index contributed by atoms with van der Waals surface area (Å²) >= 11 is 0. The Hall–Kier alpha value is -3.19. The van der Waals surface area contributed by atoms with E-state index in [-0.39, 0.29) is 17.3 Å². The SMILES string of the molecule is COc1ccc(C=C2Oc3c(ccc(O)c3CN3CCC[C@H](C)C3)C2=O)c(OC)c1OC. The number of phenolic OH excluding ortho intramolecular Hbond substituents is 1.